The maximum Gasteiger partial charge on any atom is 0.408 e. The molecule has 2 rings (SSSR count). The van der Waals surface area contributed by atoms with E-state index in [9.17, 15) is 14.4 Å². The van der Waals surface area contributed by atoms with Gasteiger partial charge in [0.25, 0.3) is 0 Å². The van der Waals surface area contributed by atoms with Crippen LogP contribution in [0.5, 0.6) is 5.75 Å². The molecule has 1 aromatic heterocycles. The van der Waals surface area contributed by atoms with Crippen LogP contribution in [0.4, 0.5) is 4.79 Å². The molecule has 1 aromatic carbocycles. The first-order chi connectivity index (χ1) is 13.9. The first-order valence-electron chi connectivity index (χ1n) is 9.36. The molecular weight excluding hydrogens is 430 g/mol. The zero-order valence-corrected chi connectivity index (χ0v) is 19.5. The molecule has 0 aliphatic rings. The lowest BCUT2D eigenvalue weighted by atomic mass is 10.1. The van der Waals surface area contributed by atoms with Crippen molar-refractivity contribution < 1.29 is 23.5 Å². The van der Waals surface area contributed by atoms with E-state index in [0.29, 0.717) is 23.1 Å². The van der Waals surface area contributed by atoms with Gasteiger partial charge in [-0.05, 0) is 64.7 Å². The van der Waals surface area contributed by atoms with Gasteiger partial charge in [-0.1, -0.05) is 11.6 Å². The van der Waals surface area contributed by atoms with Gasteiger partial charge < -0.3 is 19.2 Å². The maximum absolute atomic E-state index is 12.7. The molecule has 0 spiro atoms. The fourth-order valence-corrected chi connectivity index (χ4v) is 3.31. The van der Waals surface area contributed by atoms with Gasteiger partial charge in [0.05, 0.1) is 5.02 Å². The Labute approximate surface area is 184 Å². The maximum atomic E-state index is 12.7. The minimum atomic E-state index is -0.925. The molecule has 7 nitrogen and oxygen atoms in total. The van der Waals surface area contributed by atoms with Crippen molar-refractivity contribution in [2.45, 2.75) is 52.7 Å². The van der Waals surface area contributed by atoms with E-state index in [0.717, 1.165) is 5.56 Å². The summed E-state index contributed by atoms with van der Waals surface area (Å²) < 4.78 is 16.0. The van der Waals surface area contributed by atoms with E-state index >= 15 is 0 Å². The zero-order chi connectivity index (χ0) is 22.6. The average Bonchev–Trinajstić information content (AvgIpc) is 2.63. The normalized spacial score (nSPS) is 12.5. The second kappa shape index (κ2) is 9.75. The predicted molar refractivity (Wildman–Crippen MR) is 119 cm³/mol. The molecule has 0 fully saturated rings. The molecule has 0 saturated carbocycles. The molecule has 1 heterocycles. The van der Waals surface area contributed by atoms with Gasteiger partial charge in [0.1, 0.15) is 17.2 Å². The lowest BCUT2D eigenvalue weighted by molar-refractivity contribution is -0.136. The number of nitrogens with one attached hydrogen (secondary N) is 1. The van der Waals surface area contributed by atoms with Gasteiger partial charge in [-0.3, -0.25) is 0 Å². The summed E-state index contributed by atoms with van der Waals surface area (Å²) in [5.41, 5.74) is 0.320. The molecule has 0 aliphatic heterocycles. The number of ether oxygens (including phenoxy) is 2. The van der Waals surface area contributed by atoms with Crippen LogP contribution in [0.3, 0.4) is 0 Å². The zero-order valence-electron chi connectivity index (χ0n) is 17.9. The lowest BCUT2D eigenvalue weighted by Gasteiger charge is -2.23. The summed E-state index contributed by atoms with van der Waals surface area (Å²) in [6.45, 7) is 8.65. The van der Waals surface area contributed by atoms with Gasteiger partial charge in [-0.15, -0.1) is 0 Å². The molecule has 0 saturated heterocycles. The minimum Gasteiger partial charge on any atom is -0.444 e. The van der Waals surface area contributed by atoms with Crippen molar-refractivity contribution >= 4 is 46.4 Å². The fraction of sp³-hybridized carbons (Fsp3) is 0.476. The Bertz CT molecular complexity index is 1010. The van der Waals surface area contributed by atoms with Gasteiger partial charge in [-0.25, -0.2) is 14.4 Å². The molecule has 2 aromatic rings. The van der Waals surface area contributed by atoms with Crippen LogP contribution in [0.15, 0.2) is 21.3 Å². The quantitative estimate of drug-likeness (QED) is 0.386. The van der Waals surface area contributed by atoms with Crippen LogP contribution in [-0.2, 0) is 9.53 Å². The van der Waals surface area contributed by atoms with E-state index in [2.05, 4.69) is 5.32 Å². The number of thioether (sulfide) groups is 1. The van der Waals surface area contributed by atoms with Crippen LogP contribution in [0.1, 0.15) is 38.3 Å². The number of hydrogen-bond acceptors (Lipinski definition) is 7. The summed E-state index contributed by atoms with van der Waals surface area (Å²) in [6, 6.07) is 2.07. The van der Waals surface area contributed by atoms with E-state index in [1.807, 2.05) is 6.26 Å². The Morgan fingerprint density at radius 1 is 1.23 bits per heavy atom. The first-order valence-corrected chi connectivity index (χ1v) is 11.1. The van der Waals surface area contributed by atoms with Gasteiger partial charge in [-0.2, -0.15) is 11.8 Å². The van der Waals surface area contributed by atoms with E-state index in [1.54, 1.807) is 40.7 Å². The summed E-state index contributed by atoms with van der Waals surface area (Å²) in [4.78, 5) is 36.8. The molecule has 1 atom stereocenters. The van der Waals surface area contributed by atoms with Crippen LogP contribution < -0.4 is 15.7 Å². The number of esters is 1. The van der Waals surface area contributed by atoms with Crippen LogP contribution in [0, 0.1) is 13.8 Å². The van der Waals surface area contributed by atoms with E-state index < -0.39 is 29.3 Å². The van der Waals surface area contributed by atoms with Crippen LogP contribution in [0.2, 0.25) is 5.02 Å². The largest absolute Gasteiger partial charge is 0.444 e. The number of benzene rings is 1. The van der Waals surface area contributed by atoms with E-state index in [1.165, 1.54) is 17.8 Å². The summed E-state index contributed by atoms with van der Waals surface area (Å²) in [6.07, 6.45) is 1.52. The third-order valence-electron chi connectivity index (χ3n) is 4.31. The minimum absolute atomic E-state index is 0.0423. The number of carbonyl (C=O) groups excluding carboxylic acids is 2. The first kappa shape index (κ1) is 24.1. The Morgan fingerprint density at radius 3 is 2.50 bits per heavy atom. The third-order valence-corrected chi connectivity index (χ3v) is 5.25. The smallest absolute Gasteiger partial charge is 0.408 e. The third kappa shape index (κ3) is 6.15. The number of alkyl carbamates (subject to hydrolysis) is 1. The number of aryl methyl sites for hydroxylation is 1. The number of halogens is 1. The van der Waals surface area contributed by atoms with Gasteiger partial charge >= 0.3 is 17.7 Å². The molecule has 0 radical (unpaired) electrons. The highest BCUT2D eigenvalue weighted by Gasteiger charge is 2.26. The van der Waals surface area contributed by atoms with Crippen molar-refractivity contribution in [2.75, 3.05) is 12.0 Å². The molecule has 1 unspecified atom stereocenters. The predicted octanol–water partition coefficient (Wildman–Crippen LogP) is 4.62. The average molecular weight is 456 g/mol. The van der Waals surface area contributed by atoms with Crippen molar-refractivity contribution in [3.8, 4) is 5.75 Å². The standard InChI is InChI=1S/C21H26ClNO6S/c1-11-12(2)18(24)27-16-10-17(14(22)9-13(11)16)28-19(25)15(7-8-30-6)23-20(26)29-21(3,4)5/h9-10,15H,7-8H2,1-6H3,(H,23,26). The highest BCUT2D eigenvalue weighted by molar-refractivity contribution is 7.98. The molecule has 1 amide bonds. The Balaban J connectivity index is 2.28. The highest BCUT2D eigenvalue weighted by Crippen LogP contribution is 2.32. The molecular formula is C21H26ClNO6S. The van der Waals surface area contributed by atoms with Gasteiger partial charge in [0.2, 0.25) is 0 Å². The monoisotopic (exact) mass is 455 g/mol. The summed E-state index contributed by atoms with van der Waals surface area (Å²) in [5.74, 6) is -0.0305. The van der Waals surface area contributed by atoms with Crippen molar-refractivity contribution in [3.63, 3.8) is 0 Å². The number of hydrogen-bond donors (Lipinski definition) is 1. The van der Waals surface area contributed by atoms with Crippen LogP contribution in [0.25, 0.3) is 11.0 Å². The fourth-order valence-electron chi connectivity index (χ4n) is 2.64. The summed E-state index contributed by atoms with van der Waals surface area (Å²) >= 11 is 7.83. The van der Waals surface area contributed by atoms with Gasteiger partial charge in [0.15, 0.2) is 5.75 Å². The molecule has 0 aliphatic carbocycles. The summed E-state index contributed by atoms with van der Waals surface area (Å²) in [5, 5.41) is 3.39. The molecule has 164 valence electrons. The molecule has 0 bridgehead atoms. The van der Waals surface area contributed by atoms with Crippen molar-refractivity contribution in [3.05, 3.63) is 38.7 Å². The Kier molecular flexibility index (Phi) is 7.82. The number of fused-ring (bicyclic) bond motifs is 1. The van der Waals surface area contributed by atoms with E-state index in [4.69, 9.17) is 25.5 Å². The Morgan fingerprint density at radius 2 is 1.90 bits per heavy atom. The van der Waals surface area contributed by atoms with Crippen molar-refractivity contribution in [2.24, 2.45) is 0 Å². The number of carbonyl (C=O) groups is 2. The van der Waals surface area contributed by atoms with Crippen LogP contribution >= 0.6 is 23.4 Å². The van der Waals surface area contributed by atoms with Gasteiger partial charge in [0, 0.05) is 17.0 Å². The molecule has 30 heavy (non-hydrogen) atoms. The van der Waals surface area contributed by atoms with Crippen LogP contribution in [-0.4, -0.2) is 35.7 Å². The number of rotatable bonds is 6. The topological polar surface area (TPSA) is 94.8 Å². The Hall–Kier alpha value is -2.19. The lowest BCUT2D eigenvalue weighted by Crippen LogP contribution is -2.45. The SMILES string of the molecule is CSCCC(NC(=O)OC(C)(C)C)C(=O)Oc1cc2oc(=O)c(C)c(C)c2cc1Cl. The number of amides is 1. The molecule has 9 heteroatoms. The summed E-state index contributed by atoms with van der Waals surface area (Å²) in [7, 11) is 0. The highest BCUT2D eigenvalue weighted by atomic mass is 35.5. The van der Waals surface area contributed by atoms with Crippen molar-refractivity contribution in [1.82, 2.24) is 5.32 Å². The second-order valence-electron chi connectivity index (χ2n) is 7.82. The second-order valence-corrected chi connectivity index (χ2v) is 9.21. The van der Waals surface area contributed by atoms with E-state index in [-0.39, 0.29) is 16.4 Å². The molecule has 1 N–H and O–H groups in total. The van der Waals surface area contributed by atoms with Crippen molar-refractivity contribution in [1.29, 1.82) is 0 Å².